The summed E-state index contributed by atoms with van der Waals surface area (Å²) < 4.78 is 6.12. The molecule has 1 N–H and O–H groups in total. The molecule has 18 heavy (non-hydrogen) atoms. The summed E-state index contributed by atoms with van der Waals surface area (Å²) in [5.74, 6) is 1.46. The number of rotatable bonds is 6. The van der Waals surface area contributed by atoms with Gasteiger partial charge in [0.1, 0.15) is 5.75 Å². The van der Waals surface area contributed by atoms with Crippen LogP contribution in [0.3, 0.4) is 0 Å². The lowest BCUT2D eigenvalue weighted by Crippen LogP contribution is -2.25. The second kappa shape index (κ2) is 6.23. The Morgan fingerprint density at radius 2 is 2.28 bits per heavy atom. The van der Waals surface area contributed by atoms with Gasteiger partial charge in [-0.2, -0.15) is 0 Å². The first kappa shape index (κ1) is 13.4. The van der Waals surface area contributed by atoms with Gasteiger partial charge in [0.2, 0.25) is 0 Å². The Balaban J connectivity index is 1.86. The van der Waals surface area contributed by atoms with Crippen LogP contribution in [0.4, 0.5) is 0 Å². The van der Waals surface area contributed by atoms with Crippen LogP contribution < -0.4 is 10.1 Å². The molecule has 0 aliphatic heterocycles. The highest BCUT2D eigenvalue weighted by molar-refractivity contribution is 9.10. The average molecular weight is 312 g/mol. The predicted octanol–water partition coefficient (Wildman–Crippen LogP) is 3.38. The topological polar surface area (TPSA) is 38.3 Å². The van der Waals surface area contributed by atoms with E-state index < -0.39 is 0 Å². The lowest BCUT2D eigenvalue weighted by molar-refractivity contribution is 0.0950. The first-order valence-corrected chi connectivity index (χ1v) is 7.11. The first-order chi connectivity index (χ1) is 8.70. The van der Waals surface area contributed by atoms with Gasteiger partial charge in [-0.25, -0.2) is 0 Å². The Morgan fingerprint density at radius 3 is 2.94 bits per heavy atom. The van der Waals surface area contributed by atoms with Crippen LogP contribution in [0.5, 0.6) is 5.75 Å². The molecule has 0 heterocycles. The Labute approximate surface area is 116 Å². The van der Waals surface area contributed by atoms with Crippen molar-refractivity contribution in [3.63, 3.8) is 0 Å². The van der Waals surface area contributed by atoms with E-state index in [1.54, 1.807) is 19.2 Å². The van der Waals surface area contributed by atoms with Crippen LogP contribution in [-0.4, -0.2) is 19.6 Å². The van der Waals surface area contributed by atoms with Crippen molar-refractivity contribution in [3.8, 4) is 5.75 Å². The van der Waals surface area contributed by atoms with Crippen LogP contribution >= 0.6 is 15.9 Å². The Kier molecular flexibility index (Phi) is 4.64. The second-order valence-electron chi connectivity index (χ2n) is 4.69. The molecule has 1 aliphatic carbocycles. The molecule has 0 saturated heterocycles. The number of nitrogens with one attached hydrogen (secondary N) is 1. The van der Waals surface area contributed by atoms with E-state index in [1.165, 1.54) is 19.3 Å². The van der Waals surface area contributed by atoms with Crippen molar-refractivity contribution in [1.29, 1.82) is 0 Å². The fourth-order valence-electron chi connectivity index (χ4n) is 1.95. The zero-order chi connectivity index (χ0) is 13.0. The summed E-state index contributed by atoms with van der Waals surface area (Å²) >= 11 is 3.36. The minimum Gasteiger partial charge on any atom is -0.496 e. The van der Waals surface area contributed by atoms with E-state index >= 15 is 0 Å². The van der Waals surface area contributed by atoms with E-state index in [2.05, 4.69) is 21.2 Å². The predicted molar refractivity (Wildman–Crippen MR) is 75.0 cm³/mol. The molecule has 98 valence electrons. The van der Waals surface area contributed by atoms with Crippen LogP contribution in [0, 0.1) is 5.92 Å². The van der Waals surface area contributed by atoms with Gasteiger partial charge < -0.3 is 10.1 Å². The zero-order valence-corrected chi connectivity index (χ0v) is 12.1. The highest BCUT2D eigenvalue weighted by atomic mass is 79.9. The van der Waals surface area contributed by atoms with E-state index in [4.69, 9.17) is 4.74 Å². The molecule has 1 amide bonds. The maximum atomic E-state index is 12.0. The van der Waals surface area contributed by atoms with Crippen molar-refractivity contribution in [2.24, 2.45) is 5.92 Å². The number of methoxy groups -OCH3 is 1. The summed E-state index contributed by atoms with van der Waals surface area (Å²) in [6, 6.07) is 5.43. The van der Waals surface area contributed by atoms with Gasteiger partial charge in [-0.15, -0.1) is 0 Å². The summed E-state index contributed by atoms with van der Waals surface area (Å²) in [4.78, 5) is 12.0. The van der Waals surface area contributed by atoms with Gasteiger partial charge in [0, 0.05) is 11.0 Å². The van der Waals surface area contributed by atoms with Crippen LogP contribution in [0.2, 0.25) is 0 Å². The van der Waals surface area contributed by atoms with Gasteiger partial charge in [-0.3, -0.25) is 4.79 Å². The van der Waals surface area contributed by atoms with E-state index in [-0.39, 0.29) is 5.91 Å². The molecule has 1 saturated carbocycles. The molecular formula is C14H18BrNO2. The summed E-state index contributed by atoms with van der Waals surface area (Å²) in [6.45, 7) is 0.745. The summed E-state index contributed by atoms with van der Waals surface area (Å²) in [6.07, 6.45) is 5.04. The third-order valence-corrected chi connectivity index (χ3v) is 3.67. The standard InChI is InChI=1S/C14H18BrNO2/c1-18-13-9-11(15)6-7-12(13)14(17)16-8-2-3-10-4-5-10/h6-7,9-10H,2-5,8H2,1H3,(H,16,17). The van der Waals surface area contributed by atoms with Gasteiger partial charge in [-0.1, -0.05) is 28.8 Å². The number of ether oxygens (including phenoxy) is 1. The summed E-state index contributed by atoms with van der Waals surface area (Å²) in [7, 11) is 1.58. The summed E-state index contributed by atoms with van der Waals surface area (Å²) in [5.41, 5.74) is 0.590. The molecule has 3 nitrogen and oxygen atoms in total. The lowest BCUT2D eigenvalue weighted by Gasteiger charge is -2.09. The van der Waals surface area contributed by atoms with E-state index in [0.29, 0.717) is 11.3 Å². The molecular weight excluding hydrogens is 294 g/mol. The fourth-order valence-corrected chi connectivity index (χ4v) is 2.29. The highest BCUT2D eigenvalue weighted by Gasteiger charge is 2.20. The van der Waals surface area contributed by atoms with Crippen LogP contribution in [0.15, 0.2) is 22.7 Å². The van der Waals surface area contributed by atoms with E-state index in [9.17, 15) is 4.79 Å². The zero-order valence-electron chi connectivity index (χ0n) is 10.5. The number of benzene rings is 1. The molecule has 0 radical (unpaired) electrons. The quantitative estimate of drug-likeness (QED) is 0.818. The molecule has 1 aliphatic rings. The van der Waals surface area contributed by atoms with Gasteiger partial charge >= 0.3 is 0 Å². The fraction of sp³-hybridized carbons (Fsp3) is 0.500. The van der Waals surface area contributed by atoms with E-state index in [0.717, 1.165) is 23.4 Å². The van der Waals surface area contributed by atoms with Gasteiger partial charge in [0.15, 0.2) is 0 Å². The average Bonchev–Trinajstić information content (AvgIpc) is 3.18. The molecule has 2 rings (SSSR count). The Bertz CT molecular complexity index is 430. The molecule has 1 aromatic rings. The minimum absolute atomic E-state index is 0.0600. The largest absolute Gasteiger partial charge is 0.496 e. The monoisotopic (exact) mass is 311 g/mol. The van der Waals surface area contributed by atoms with Crippen molar-refractivity contribution in [3.05, 3.63) is 28.2 Å². The number of amides is 1. The van der Waals surface area contributed by atoms with Crippen molar-refractivity contribution in [2.45, 2.75) is 25.7 Å². The van der Waals surface area contributed by atoms with Crippen LogP contribution in [0.1, 0.15) is 36.0 Å². The van der Waals surface area contributed by atoms with E-state index in [1.807, 2.05) is 6.07 Å². The Morgan fingerprint density at radius 1 is 1.50 bits per heavy atom. The second-order valence-corrected chi connectivity index (χ2v) is 5.60. The molecule has 0 spiro atoms. The molecule has 0 unspecified atom stereocenters. The molecule has 0 atom stereocenters. The maximum absolute atomic E-state index is 12.0. The highest BCUT2D eigenvalue weighted by Crippen LogP contribution is 2.33. The molecule has 0 aromatic heterocycles. The third-order valence-electron chi connectivity index (χ3n) is 3.18. The van der Waals surface area contributed by atoms with Gasteiger partial charge in [0.25, 0.3) is 5.91 Å². The normalized spacial score (nSPS) is 14.3. The van der Waals surface area contributed by atoms with Gasteiger partial charge in [-0.05, 0) is 37.0 Å². The number of halogens is 1. The lowest BCUT2D eigenvalue weighted by atomic mass is 10.1. The molecule has 4 heteroatoms. The van der Waals surface area contributed by atoms with Crippen molar-refractivity contribution < 1.29 is 9.53 Å². The molecule has 0 bridgehead atoms. The van der Waals surface area contributed by atoms with Crippen LogP contribution in [-0.2, 0) is 0 Å². The number of hydrogen-bond acceptors (Lipinski definition) is 2. The first-order valence-electron chi connectivity index (χ1n) is 6.32. The molecule has 1 fully saturated rings. The smallest absolute Gasteiger partial charge is 0.255 e. The van der Waals surface area contributed by atoms with Gasteiger partial charge in [0.05, 0.1) is 12.7 Å². The number of carbonyl (C=O) groups excluding carboxylic acids is 1. The Hall–Kier alpha value is -1.03. The van der Waals surface area contributed by atoms with Crippen molar-refractivity contribution >= 4 is 21.8 Å². The number of hydrogen-bond donors (Lipinski definition) is 1. The van der Waals surface area contributed by atoms with Crippen LogP contribution in [0.25, 0.3) is 0 Å². The third kappa shape index (κ3) is 3.73. The summed E-state index contributed by atoms with van der Waals surface area (Å²) in [5, 5.41) is 2.94. The number of carbonyl (C=O) groups is 1. The minimum atomic E-state index is -0.0600. The van der Waals surface area contributed by atoms with Crippen molar-refractivity contribution in [1.82, 2.24) is 5.32 Å². The SMILES string of the molecule is COc1cc(Br)ccc1C(=O)NCCCC1CC1. The maximum Gasteiger partial charge on any atom is 0.255 e. The van der Waals surface area contributed by atoms with Crippen molar-refractivity contribution in [2.75, 3.05) is 13.7 Å². The molecule has 1 aromatic carbocycles.